The predicted octanol–water partition coefficient (Wildman–Crippen LogP) is 2.73. The molecule has 0 aliphatic heterocycles. The van der Waals surface area contributed by atoms with Gasteiger partial charge in [-0.05, 0) is 12.1 Å². The first-order valence-electron chi connectivity index (χ1n) is 2.87. The van der Waals surface area contributed by atoms with Gasteiger partial charge < -0.3 is 0 Å². The summed E-state index contributed by atoms with van der Waals surface area (Å²) in [7, 11) is 0. The van der Waals surface area contributed by atoms with Gasteiger partial charge in [-0.15, -0.1) is 0 Å². The lowest BCUT2D eigenvalue weighted by Crippen LogP contribution is -1.96. The average Bonchev–Trinajstić information content (AvgIpc) is 2.00. The van der Waals surface area contributed by atoms with E-state index >= 15 is 0 Å². The average molecular weight is 195 g/mol. The molecule has 0 heterocycles. The molecule has 0 aliphatic carbocycles. The maximum atomic E-state index is 12.5. The summed E-state index contributed by atoms with van der Waals surface area (Å²) in [5, 5.41) is -0.831. The summed E-state index contributed by atoms with van der Waals surface area (Å²) >= 11 is 5.12. The van der Waals surface area contributed by atoms with E-state index in [1.54, 1.807) is 0 Å². The lowest BCUT2D eigenvalue weighted by atomic mass is 10.2. The first kappa shape index (κ1) is 9.06. The largest absolute Gasteiger partial charge is 0.333 e. The van der Waals surface area contributed by atoms with Gasteiger partial charge in [-0.2, -0.15) is 4.39 Å². The van der Waals surface area contributed by atoms with Gasteiger partial charge in [0.1, 0.15) is 0 Å². The van der Waals surface area contributed by atoms with Crippen LogP contribution in [0.15, 0.2) is 12.1 Å². The van der Waals surface area contributed by atoms with E-state index in [9.17, 15) is 18.0 Å². The molecular formula is C7H2ClF3O. The highest BCUT2D eigenvalue weighted by atomic mass is 35.5. The summed E-state index contributed by atoms with van der Waals surface area (Å²) in [5.41, 5.74) is -0.671. The Hall–Kier alpha value is -1.03. The molecule has 1 nitrogen and oxygen atoms in total. The van der Waals surface area contributed by atoms with Crippen LogP contribution < -0.4 is 0 Å². The molecular weight excluding hydrogens is 193 g/mol. The number of carbonyl (C=O) groups is 1. The zero-order chi connectivity index (χ0) is 9.30. The Morgan fingerprint density at radius 1 is 1.33 bits per heavy atom. The van der Waals surface area contributed by atoms with Crippen molar-refractivity contribution in [2.75, 3.05) is 0 Å². The highest BCUT2D eigenvalue weighted by Gasteiger charge is 2.16. The first-order valence-corrected chi connectivity index (χ1v) is 3.25. The SMILES string of the molecule is O=C(F)c1ccc(F)c(F)c1Cl. The van der Waals surface area contributed by atoms with Gasteiger partial charge in [0.15, 0.2) is 11.6 Å². The fourth-order valence-corrected chi connectivity index (χ4v) is 0.905. The third-order valence-corrected chi connectivity index (χ3v) is 1.62. The van der Waals surface area contributed by atoms with Crippen LogP contribution in [0.5, 0.6) is 0 Å². The minimum Gasteiger partial charge on any atom is -0.255 e. The highest BCUT2D eigenvalue weighted by Crippen LogP contribution is 2.22. The van der Waals surface area contributed by atoms with Gasteiger partial charge in [0.05, 0.1) is 10.6 Å². The van der Waals surface area contributed by atoms with Crippen molar-refractivity contribution in [3.05, 3.63) is 34.4 Å². The van der Waals surface area contributed by atoms with Crippen LogP contribution in [0.1, 0.15) is 10.4 Å². The summed E-state index contributed by atoms with van der Waals surface area (Å²) in [6, 6.07) is -0.476. The topological polar surface area (TPSA) is 17.1 Å². The summed E-state index contributed by atoms with van der Waals surface area (Å²) < 4.78 is 36.8. The molecule has 0 N–H and O–H groups in total. The van der Waals surface area contributed by atoms with Crippen LogP contribution in [-0.4, -0.2) is 6.04 Å². The monoisotopic (exact) mass is 194 g/mol. The van der Waals surface area contributed by atoms with Crippen molar-refractivity contribution >= 4 is 17.6 Å². The standard InChI is InChI=1S/C7H2ClF3O/c8-5-3(7(11)12)1-2-4(9)6(5)10/h1-2H. The van der Waals surface area contributed by atoms with Gasteiger partial charge in [0, 0.05) is 0 Å². The molecule has 0 spiro atoms. The van der Waals surface area contributed by atoms with Crippen molar-refractivity contribution in [3.63, 3.8) is 0 Å². The van der Waals surface area contributed by atoms with Crippen LogP contribution in [0.25, 0.3) is 0 Å². The summed E-state index contributed by atoms with van der Waals surface area (Å²) in [5.74, 6) is -2.63. The second-order valence-electron chi connectivity index (χ2n) is 2.00. The molecule has 0 aromatic heterocycles. The zero-order valence-corrected chi connectivity index (χ0v) is 6.33. The third kappa shape index (κ3) is 1.43. The number of benzene rings is 1. The molecule has 0 bridgehead atoms. The molecule has 1 aromatic rings. The number of carbonyl (C=O) groups excluding carboxylic acids is 1. The van der Waals surface area contributed by atoms with Crippen LogP contribution in [0, 0.1) is 11.6 Å². The molecule has 0 unspecified atom stereocenters. The van der Waals surface area contributed by atoms with Gasteiger partial charge in [0.2, 0.25) is 0 Å². The fraction of sp³-hybridized carbons (Fsp3) is 0. The molecule has 0 atom stereocenters. The number of hydrogen-bond donors (Lipinski definition) is 0. The molecule has 0 radical (unpaired) electrons. The minimum absolute atomic E-state index is 0.633. The van der Waals surface area contributed by atoms with E-state index in [4.69, 9.17) is 11.6 Å². The molecule has 1 rings (SSSR count). The molecule has 0 saturated heterocycles. The summed E-state index contributed by atoms with van der Waals surface area (Å²) in [4.78, 5) is 10.1. The molecule has 12 heavy (non-hydrogen) atoms. The molecule has 1 aromatic carbocycles. The summed E-state index contributed by atoms with van der Waals surface area (Å²) in [6.07, 6.45) is 0. The molecule has 5 heteroatoms. The van der Waals surface area contributed by atoms with Crippen molar-refractivity contribution in [2.45, 2.75) is 0 Å². The van der Waals surface area contributed by atoms with E-state index in [0.29, 0.717) is 6.07 Å². The van der Waals surface area contributed by atoms with E-state index in [0.717, 1.165) is 6.07 Å². The van der Waals surface area contributed by atoms with Gasteiger partial charge >= 0.3 is 6.04 Å². The molecule has 64 valence electrons. The van der Waals surface area contributed by atoms with Crippen molar-refractivity contribution in [2.24, 2.45) is 0 Å². The Morgan fingerprint density at radius 3 is 2.42 bits per heavy atom. The van der Waals surface area contributed by atoms with Crippen LogP contribution in [0.4, 0.5) is 13.2 Å². The minimum atomic E-state index is -1.89. The van der Waals surface area contributed by atoms with E-state index in [1.807, 2.05) is 0 Å². The normalized spacial score (nSPS) is 10.0. The Bertz CT molecular complexity index is 338. The van der Waals surface area contributed by atoms with Gasteiger partial charge in [0.25, 0.3) is 0 Å². The molecule has 0 amide bonds. The lowest BCUT2D eigenvalue weighted by Gasteiger charge is -1.98. The van der Waals surface area contributed by atoms with Crippen molar-refractivity contribution < 1.29 is 18.0 Å². The van der Waals surface area contributed by atoms with Crippen molar-refractivity contribution in [3.8, 4) is 0 Å². The fourth-order valence-electron chi connectivity index (χ4n) is 0.678. The number of rotatable bonds is 1. The smallest absolute Gasteiger partial charge is 0.255 e. The first-order chi connectivity index (χ1) is 5.54. The van der Waals surface area contributed by atoms with E-state index in [-0.39, 0.29) is 0 Å². The van der Waals surface area contributed by atoms with Crippen LogP contribution in [-0.2, 0) is 0 Å². The maximum absolute atomic E-state index is 12.5. The second-order valence-corrected chi connectivity index (χ2v) is 2.37. The van der Waals surface area contributed by atoms with Crippen LogP contribution in [0.2, 0.25) is 5.02 Å². The summed E-state index contributed by atoms with van der Waals surface area (Å²) in [6.45, 7) is 0. The van der Waals surface area contributed by atoms with Gasteiger partial charge in [-0.3, -0.25) is 4.79 Å². The van der Waals surface area contributed by atoms with E-state index in [2.05, 4.69) is 0 Å². The van der Waals surface area contributed by atoms with Gasteiger partial charge in [-0.25, -0.2) is 8.78 Å². The highest BCUT2D eigenvalue weighted by molar-refractivity contribution is 6.33. The Morgan fingerprint density at radius 2 is 1.92 bits per heavy atom. The number of halogens is 4. The van der Waals surface area contributed by atoms with Gasteiger partial charge in [-0.1, -0.05) is 11.6 Å². The third-order valence-electron chi connectivity index (χ3n) is 1.25. The molecule has 0 aliphatic rings. The molecule has 0 fully saturated rings. The maximum Gasteiger partial charge on any atom is 0.333 e. The molecule has 0 saturated carbocycles. The quantitative estimate of drug-likeness (QED) is 0.496. The predicted molar refractivity (Wildman–Crippen MR) is 36.8 cm³/mol. The second kappa shape index (κ2) is 3.15. The van der Waals surface area contributed by atoms with E-state index < -0.39 is 28.3 Å². The Labute approximate surface area is 70.8 Å². The van der Waals surface area contributed by atoms with E-state index in [1.165, 1.54) is 0 Å². The lowest BCUT2D eigenvalue weighted by molar-refractivity contribution is 0.0835. The van der Waals surface area contributed by atoms with Crippen LogP contribution in [0.3, 0.4) is 0 Å². The van der Waals surface area contributed by atoms with Crippen molar-refractivity contribution in [1.29, 1.82) is 0 Å². The van der Waals surface area contributed by atoms with Crippen molar-refractivity contribution in [1.82, 2.24) is 0 Å². The zero-order valence-electron chi connectivity index (χ0n) is 5.57. The van der Waals surface area contributed by atoms with Crippen LogP contribution >= 0.6 is 11.6 Å². The Balaban J connectivity index is 3.36. The Kier molecular flexibility index (Phi) is 2.38. The number of hydrogen-bond acceptors (Lipinski definition) is 1.